The second-order valence-electron chi connectivity index (χ2n) is 12.9. The minimum atomic E-state index is -4.44. The van der Waals surface area contributed by atoms with E-state index in [2.05, 4.69) is 90.7 Å². The SMILES string of the molecule is CCCN(c1ccccc1)c1ccc(CN(C)C)cc1.C[C@H]1COc2c(NC(=O)Cc3ccc(C(F)(F)F)cc3)cccc2C(=O)N(CCO)C1. The van der Waals surface area contributed by atoms with Gasteiger partial charge in [-0.3, -0.25) is 9.59 Å². The molecule has 8 nitrogen and oxygen atoms in total. The minimum Gasteiger partial charge on any atom is -0.490 e. The Hall–Kier alpha value is -4.87. The lowest BCUT2D eigenvalue weighted by Gasteiger charge is -2.30. The maximum absolute atomic E-state index is 12.9. The number of rotatable bonds is 11. The summed E-state index contributed by atoms with van der Waals surface area (Å²) in [5, 5.41) is 12.0. The number of carbonyl (C=O) groups excluding carboxylic acids is 2. The van der Waals surface area contributed by atoms with E-state index in [0.717, 1.165) is 31.6 Å². The number of halogens is 3. The Labute approximate surface area is 298 Å². The van der Waals surface area contributed by atoms with E-state index in [-0.39, 0.29) is 42.7 Å². The Morgan fingerprint density at radius 1 is 0.922 bits per heavy atom. The highest BCUT2D eigenvalue weighted by Gasteiger charge is 2.30. The normalized spacial score (nSPS) is 14.4. The van der Waals surface area contributed by atoms with Crippen molar-refractivity contribution in [1.29, 1.82) is 0 Å². The molecule has 272 valence electrons. The number of benzene rings is 4. The quantitative estimate of drug-likeness (QED) is 0.167. The molecule has 0 aliphatic carbocycles. The van der Waals surface area contributed by atoms with Crippen molar-refractivity contribution in [2.24, 2.45) is 5.92 Å². The molecular formula is C40H47F3N4O4. The Morgan fingerprint density at radius 3 is 2.18 bits per heavy atom. The molecule has 4 aromatic rings. The van der Waals surface area contributed by atoms with Gasteiger partial charge in [0.25, 0.3) is 5.91 Å². The summed E-state index contributed by atoms with van der Waals surface area (Å²) in [5.41, 5.74) is 4.09. The van der Waals surface area contributed by atoms with Gasteiger partial charge in [-0.1, -0.05) is 62.4 Å². The van der Waals surface area contributed by atoms with E-state index in [0.29, 0.717) is 24.4 Å². The van der Waals surface area contributed by atoms with Crippen LogP contribution in [0.25, 0.3) is 0 Å². The molecule has 1 heterocycles. The zero-order valence-corrected chi connectivity index (χ0v) is 29.6. The van der Waals surface area contributed by atoms with E-state index in [1.165, 1.54) is 29.1 Å². The Kier molecular flexibility index (Phi) is 14.0. The van der Waals surface area contributed by atoms with Crippen molar-refractivity contribution in [3.05, 3.63) is 119 Å². The van der Waals surface area contributed by atoms with E-state index in [9.17, 15) is 27.9 Å². The summed E-state index contributed by atoms with van der Waals surface area (Å²) < 4.78 is 43.9. The highest BCUT2D eigenvalue weighted by Crippen LogP contribution is 2.33. The van der Waals surface area contributed by atoms with E-state index in [4.69, 9.17) is 4.74 Å². The number of nitrogens with one attached hydrogen (secondary N) is 1. The van der Waals surface area contributed by atoms with Gasteiger partial charge < -0.3 is 29.9 Å². The molecule has 0 aromatic heterocycles. The summed E-state index contributed by atoms with van der Waals surface area (Å²) in [6, 6.07) is 28.7. The van der Waals surface area contributed by atoms with Crippen LogP contribution in [0.3, 0.4) is 0 Å². The van der Waals surface area contributed by atoms with Crippen molar-refractivity contribution in [3.8, 4) is 5.75 Å². The molecule has 0 fully saturated rings. The molecule has 0 spiro atoms. The number of carbonyl (C=O) groups is 2. The van der Waals surface area contributed by atoms with Crippen LogP contribution in [-0.2, 0) is 23.9 Å². The van der Waals surface area contributed by atoms with Gasteiger partial charge in [0.1, 0.15) is 0 Å². The fourth-order valence-electron chi connectivity index (χ4n) is 5.76. The van der Waals surface area contributed by atoms with Crippen molar-refractivity contribution in [1.82, 2.24) is 9.80 Å². The first-order valence-corrected chi connectivity index (χ1v) is 17.1. The molecule has 2 amide bonds. The van der Waals surface area contributed by atoms with Gasteiger partial charge in [0.05, 0.1) is 36.4 Å². The molecule has 51 heavy (non-hydrogen) atoms. The number of fused-ring (bicyclic) bond motifs is 1. The molecule has 1 atom stereocenters. The Bertz CT molecular complexity index is 1700. The van der Waals surface area contributed by atoms with Gasteiger partial charge in [0.15, 0.2) is 5.75 Å². The predicted octanol–water partition coefficient (Wildman–Crippen LogP) is 7.65. The molecule has 11 heteroatoms. The monoisotopic (exact) mass is 704 g/mol. The van der Waals surface area contributed by atoms with Gasteiger partial charge in [-0.15, -0.1) is 0 Å². The Balaban J connectivity index is 0.000000251. The first-order valence-electron chi connectivity index (χ1n) is 17.1. The molecule has 0 radical (unpaired) electrons. The molecule has 0 unspecified atom stereocenters. The number of para-hydroxylation sites is 2. The van der Waals surface area contributed by atoms with Crippen LogP contribution >= 0.6 is 0 Å². The Morgan fingerprint density at radius 2 is 1.57 bits per heavy atom. The third-order valence-corrected chi connectivity index (χ3v) is 8.13. The number of anilines is 3. The van der Waals surface area contributed by atoms with Gasteiger partial charge in [0, 0.05) is 43.5 Å². The van der Waals surface area contributed by atoms with Gasteiger partial charge in [-0.25, -0.2) is 0 Å². The smallest absolute Gasteiger partial charge is 0.416 e. The molecule has 0 saturated heterocycles. The largest absolute Gasteiger partial charge is 0.490 e. The third kappa shape index (κ3) is 11.3. The van der Waals surface area contributed by atoms with Crippen LogP contribution in [0.15, 0.2) is 97.1 Å². The number of amides is 2. The zero-order chi connectivity index (χ0) is 37.0. The van der Waals surface area contributed by atoms with E-state index < -0.39 is 17.6 Å². The lowest BCUT2D eigenvalue weighted by Crippen LogP contribution is -2.40. The second kappa shape index (κ2) is 18.4. The highest BCUT2D eigenvalue weighted by molar-refractivity contribution is 6.01. The second-order valence-corrected chi connectivity index (χ2v) is 12.9. The maximum Gasteiger partial charge on any atom is 0.416 e. The number of hydrogen-bond donors (Lipinski definition) is 2. The molecular weight excluding hydrogens is 657 g/mol. The summed E-state index contributed by atoms with van der Waals surface area (Å²) in [5.74, 6) is -0.511. The molecule has 1 aliphatic rings. The number of alkyl halides is 3. The zero-order valence-electron chi connectivity index (χ0n) is 29.6. The van der Waals surface area contributed by atoms with Crippen molar-refractivity contribution < 1.29 is 32.6 Å². The van der Waals surface area contributed by atoms with Gasteiger partial charge >= 0.3 is 6.18 Å². The van der Waals surface area contributed by atoms with Gasteiger partial charge in [-0.05, 0) is 80.2 Å². The van der Waals surface area contributed by atoms with Crippen LogP contribution in [0.5, 0.6) is 5.75 Å². The van der Waals surface area contributed by atoms with Crippen molar-refractivity contribution in [2.75, 3.05) is 57.2 Å². The highest BCUT2D eigenvalue weighted by atomic mass is 19.4. The van der Waals surface area contributed by atoms with E-state index in [1.807, 2.05) is 6.92 Å². The molecule has 0 bridgehead atoms. The van der Waals surface area contributed by atoms with Crippen LogP contribution in [0.4, 0.5) is 30.2 Å². The average Bonchev–Trinajstić information content (AvgIpc) is 3.09. The van der Waals surface area contributed by atoms with E-state index >= 15 is 0 Å². The van der Waals surface area contributed by atoms with E-state index in [1.54, 1.807) is 23.1 Å². The predicted molar refractivity (Wildman–Crippen MR) is 195 cm³/mol. The summed E-state index contributed by atoms with van der Waals surface area (Å²) in [6.07, 6.45) is -3.44. The first kappa shape index (κ1) is 38.9. The van der Waals surface area contributed by atoms with Crippen LogP contribution < -0.4 is 15.0 Å². The minimum absolute atomic E-state index is 0.0135. The maximum atomic E-state index is 12.9. The number of aliphatic hydroxyl groups is 1. The average molecular weight is 705 g/mol. The fraction of sp³-hybridized carbons (Fsp3) is 0.350. The molecule has 0 saturated carbocycles. The molecule has 2 N–H and O–H groups in total. The molecule has 4 aromatic carbocycles. The van der Waals surface area contributed by atoms with Crippen LogP contribution in [-0.4, -0.2) is 73.7 Å². The summed E-state index contributed by atoms with van der Waals surface area (Å²) >= 11 is 0. The third-order valence-electron chi connectivity index (χ3n) is 8.13. The van der Waals surface area contributed by atoms with Crippen molar-refractivity contribution in [3.63, 3.8) is 0 Å². The molecule has 1 aliphatic heterocycles. The fourth-order valence-corrected chi connectivity index (χ4v) is 5.76. The van der Waals surface area contributed by atoms with Crippen LogP contribution in [0.1, 0.15) is 47.3 Å². The molecule has 5 rings (SSSR count). The number of β-amino-alcohol motifs (C(OH)–C–C–N with tert-alkyl or cyclic N) is 1. The van der Waals surface area contributed by atoms with Crippen LogP contribution in [0.2, 0.25) is 0 Å². The lowest BCUT2D eigenvalue weighted by atomic mass is 10.1. The lowest BCUT2D eigenvalue weighted by molar-refractivity contribution is -0.137. The van der Waals surface area contributed by atoms with Crippen LogP contribution in [0, 0.1) is 5.92 Å². The standard InChI is InChI=1S/C22H23F3N2O4.C18H24N2/c1-14-12-27(9-10-28)21(30)17-3-2-4-18(20(17)31-13-14)26-19(29)11-15-5-7-16(8-6-15)22(23,24)25;1-4-14-20(17-8-6-5-7-9-17)18-12-10-16(11-13-18)15-19(2)3/h2-8,14,28H,9-13H2,1H3,(H,26,29);5-13H,4,14-15H2,1-3H3/t14-;/m1./s1. The number of aliphatic hydroxyl groups excluding tert-OH is 1. The number of hydrogen-bond acceptors (Lipinski definition) is 6. The van der Waals surface area contributed by atoms with Crippen molar-refractivity contribution >= 4 is 28.9 Å². The summed E-state index contributed by atoms with van der Waals surface area (Å²) in [6.45, 7) is 6.92. The summed E-state index contributed by atoms with van der Waals surface area (Å²) in [7, 11) is 4.20. The van der Waals surface area contributed by atoms with Gasteiger partial charge in [-0.2, -0.15) is 13.2 Å². The van der Waals surface area contributed by atoms with Gasteiger partial charge in [0.2, 0.25) is 5.91 Å². The topological polar surface area (TPSA) is 85.4 Å². The first-order chi connectivity index (χ1) is 24.4. The van der Waals surface area contributed by atoms with Crippen molar-refractivity contribution in [2.45, 2.75) is 39.4 Å². The summed E-state index contributed by atoms with van der Waals surface area (Å²) in [4.78, 5) is 31.5. The number of nitrogens with zero attached hydrogens (tertiary/aromatic N) is 3. The number of ether oxygens (including phenoxy) is 1.